The van der Waals surface area contributed by atoms with Gasteiger partial charge in [0.2, 0.25) is 0 Å². The van der Waals surface area contributed by atoms with Crippen molar-refractivity contribution >= 4 is 22.9 Å². The van der Waals surface area contributed by atoms with Gasteiger partial charge in [0.15, 0.2) is 5.65 Å². The van der Waals surface area contributed by atoms with Crippen LogP contribution in [0.25, 0.3) is 22.3 Å². The van der Waals surface area contributed by atoms with Gasteiger partial charge in [0.1, 0.15) is 0 Å². The van der Waals surface area contributed by atoms with Gasteiger partial charge in [0.25, 0.3) is 5.91 Å². The summed E-state index contributed by atoms with van der Waals surface area (Å²) in [5.74, 6) is -1.42. The maximum Gasteiger partial charge on any atom is 0.308 e. The van der Waals surface area contributed by atoms with Gasteiger partial charge in [-0.2, -0.15) is 5.10 Å². The third-order valence-electron chi connectivity index (χ3n) is 5.56. The number of piperidine rings is 1. The molecule has 1 aliphatic rings. The molecule has 2 aromatic heterocycles. The molecular formula is C22H24N4O3. The summed E-state index contributed by atoms with van der Waals surface area (Å²) in [6, 6.07) is 11.5. The molecule has 1 amide bonds. The highest BCUT2D eigenvalue weighted by molar-refractivity contribution is 6.07. The fourth-order valence-corrected chi connectivity index (χ4v) is 4.24. The Hall–Kier alpha value is -3.22. The second-order valence-electron chi connectivity index (χ2n) is 7.91. The van der Waals surface area contributed by atoms with Gasteiger partial charge in [0.05, 0.1) is 28.3 Å². The van der Waals surface area contributed by atoms with Crippen LogP contribution in [-0.2, 0) is 11.8 Å². The summed E-state index contributed by atoms with van der Waals surface area (Å²) in [5.41, 5.74) is 3.52. The van der Waals surface area contributed by atoms with Crippen molar-refractivity contribution < 1.29 is 14.7 Å². The van der Waals surface area contributed by atoms with E-state index in [-0.39, 0.29) is 18.4 Å². The average Bonchev–Trinajstić information content (AvgIpc) is 3.00. The molecule has 1 aromatic carbocycles. The lowest BCUT2D eigenvalue weighted by atomic mass is 9.90. The van der Waals surface area contributed by atoms with E-state index in [1.807, 2.05) is 57.3 Å². The standard InChI is InChI=1S/C22H24N4O3/c1-13-9-16(22(28)29)12-26(11-13)21(27)17-10-18(15-7-5-4-6-8-15)23-20-19(17)14(2)24-25(20)3/h4-8,10,13,16H,9,11-12H2,1-3H3,(H,28,29). The minimum atomic E-state index is -0.850. The van der Waals surface area contributed by atoms with Crippen LogP contribution in [0.3, 0.4) is 0 Å². The van der Waals surface area contributed by atoms with Crippen molar-refractivity contribution in [1.82, 2.24) is 19.7 Å². The smallest absolute Gasteiger partial charge is 0.308 e. The van der Waals surface area contributed by atoms with Crippen LogP contribution in [0.2, 0.25) is 0 Å². The van der Waals surface area contributed by atoms with E-state index in [1.165, 1.54) is 0 Å². The Morgan fingerprint density at radius 3 is 2.59 bits per heavy atom. The first-order valence-corrected chi connectivity index (χ1v) is 9.77. The Balaban J connectivity index is 1.83. The lowest BCUT2D eigenvalue weighted by molar-refractivity contribution is -0.143. The summed E-state index contributed by atoms with van der Waals surface area (Å²) >= 11 is 0. The molecule has 2 unspecified atom stereocenters. The number of carboxylic acids is 1. The Kier molecular flexibility index (Phi) is 4.82. The zero-order chi connectivity index (χ0) is 20.7. The van der Waals surface area contributed by atoms with Gasteiger partial charge < -0.3 is 10.0 Å². The van der Waals surface area contributed by atoms with Crippen molar-refractivity contribution in [3.63, 3.8) is 0 Å². The van der Waals surface area contributed by atoms with Crippen molar-refractivity contribution in [3.05, 3.63) is 47.7 Å². The zero-order valence-corrected chi connectivity index (χ0v) is 16.8. The number of hydrogen-bond acceptors (Lipinski definition) is 4. The summed E-state index contributed by atoms with van der Waals surface area (Å²) < 4.78 is 1.69. The monoisotopic (exact) mass is 392 g/mol. The Morgan fingerprint density at radius 1 is 1.17 bits per heavy atom. The van der Waals surface area contributed by atoms with Crippen LogP contribution in [0, 0.1) is 18.8 Å². The van der Waals surface area contributed by atoms with Gasteiger partial charge in [-0.1, -0.05) is 37.3 Å². The molecule has 0 saturated carbocycles. The van der Waals surface area contributed by atoms with Crippen LogP contribution in [0.5, 0.6) is 0 Å². The summed E-state index contributed by atoms with van der Waals surface area (Å²) in [4.78, 5) is 31.5. The molecular weight excluding hydrogens is 368 g/mol. The van der Waals surface area contributed by atoms with Gasteiger partial charge in [-0.25, -0.2) is 4.98 Å². The molecule has 150 valence electrons. The normalized spacial score (nSPS) is 19.5. The third-order valence-corrected chi connectivity index (χ3v) is 5.56. The number of aryl methyl sites for hydroxylation is 2. The van der Waals surface area contributed by atoms with E-state index in [0.717, 1.165) is 16.6 Å². The van der Waals surface area contributed by atoms with Crippen LogP contribution in [-0.4, -0.2) is 49.7 Å². The van der Waals surface area contributed by atoms with E-state index in [4.69, 9.17) is 4.98 Å². The molecule has 1 saturated heterocycles. The third kappa shape index (κ3) is 3.48. The molecule has 1 aliphatic heterocycles. The minimum Gasteiger partial charge on any atom is -0.481 e. The number of aromatic nitrogens is 3. The zero-order valence-electron chi connectivity index (χ0n) is 16.8. The highest BCUT2D eigenvalue weighted by Gasteiger charge is 2.33. The van der Waals surface area contributed by atoms with E-state index < -0.39 is 11.9 Å². The summed E-state index contributed by atoms with van der Waals surface area (Å²) in [6.07, 6.45) is 0.589. The predicted octanol–water partition coefficient (Wildman–Crippen LogP) is 3.13. The van der Waals surface area contributed by atoms with Crippen LogP contribution >= 0.6 is 0 Å². The second kappa shape index (κ2) is 7.31. The fourth-order valence-electron chi connectivity index (χ4n) is 4.24. The largest absolute Gasteiger partial charge is 0.481 e. The van der Waals surface area contributed by atoms with Gasteiger partial charge in [-0.15, -0.1) is 0 Å². The Labute approximate surface area is 169 Å². The number of aliphatic carboxylic acids is 1. The van der Waals surface area contributed by atoms with Gasteiger partial charge >= 0.3 is 5.97 Å². The van der Waals surface area contributed by atoms with Crippen LogP contribution < -0.4 is 0 Å². The Bertz CT molecular complexity index is 1090. The molecule has 3 aromatic rings. The maximum absolute atomic E-state index is 13.5. The molecule has 2 atom stereocenters. The summed E-state index contributed by atoms with van der Waals surface area (Å²) in [7, 11) is 1.81. The van der Waals surface area contributed by atoms with Crippen LogP contribution in [0.4, 0.5) is 0 Å². The highest BCUT2D eigenvalue weighted by Crippen LogP contribution is 2.30. The van der Waals surface area contributed by atoms with Crippen molar-refractivity contribution in [3.8, 4) is 11.3 Å². The van der Waals surface area contributed by atoms with Crippen molar-refractivity contribution in [1.29, 1.82) is 0 Å². The molecule has 3 heterocycles. The van der Waals surface area contributed by atoms with E-state index in [0.29, 0.717) is 29.9 Å². The quantitative estimate of drug-likeness (QED) is 0.740. The number of hydrogen-bond donors (Lipinski definition) is 1. The topological polar surface area (TPSA) is 88.3 Å². The Morgan fingerprint density at radius 2 is 1.90 bits per heavy atom. The maximum atomic E-state index is 13.5. The number of carboxylic acid groups (broad SMARTS) is 1. The number of nitrogens with zero attached hydrogens (tertiary/aromatic N) is 4. The lowest BCUT2D eigenvalue weighted by Crippen LogP contribution is -2.45. The van der Waals surface area contributed by atoms with Crippen LogP contribution in [0.15, 0.2) is 36.4 Å². The first-order valence-electron chi connectivity index (χ1n) is 9.77. The number of carbonyl (C=O) groups is 2. The molecule has 0 radical (unpaired) electrons. The van der Waals surface area contributed by atoms with Crippen LogP contribution in [0.1, 0.15) is 29.4 Å². The first-order chi connectivity index (χ1) is 13.8. The molecule has 4 rings (SSSR count). The molecule has 0 bridgehead atoms. The molecule has 0 aliphatic carbocycles. The molecule has 1 fully saturated rings. The van der Waals surface area contributed by atoms with Gasteiger partial charge in [-0.05, 0) is 25.3 Å². The second-order valence-corrected chi connectivity index (χ2v) is 7.91. The van der Waals surface area contributed by atoms with E-state index in [1.54, 1.807) is 9.58 Å². The number of benzene rings is 1. The molecule has 1 N–H and O–H groups in total. The van der Waals surface area contributed by atoms with Crippen molar-refractivity contribution in [2.24, 2.45) is 18.9 Å². The fraction of sp³-hybridized carbons (Fsp3) is 0.364. The minimum absolute atomic E-state index is 0.134. The first kappa shape index (κ1) is 19.1. The number of rotatable bonds is 3. The molecule has 0 spiro atoms. The van der Waals surface area contributed by atoms with Crippen molar-refractivity contribution in [2.45, 2.75) is 20.3 Å². The molecule has 7 heteroatoms. The average molecular weight is 392 g/mol. The number of carbonyl (C=O) groups excluding carboxylic acids is 1. The highest BCUT2D eigenvalue weighted by atomic mass is 16.4. The van der Waals surface area contributed by atoms with E-state index in [2.05, 4.69) is 5.10 Å². The number of fused-ring (bicyclic) bond motifs is 1. The lowest BCUT2D eigenvalue weighted by Gasteiger charge is -2.34. The number of amides is 1. The predicted molar refractivity (Wildman–Crippen MR) is 109 cm³/mol. The molecule has 7 nitrogen and oxygen atoms in total. The number of likely N-dealkylation sites (tertiary alicyclic amines) is 1. The van der Waals surface area contributed by atoms with Gasteiger partial charge in [-0.3, -0.25) is 14.3 Å². The van der Waals surface area contributed by atoms with Crippen molar-refractivity contribution in [2.75, 3.05) is 13.1 Å². The van der Waals surface area contributed by atoms with Gasteiger partial charge in [0, 0.05) is 25.7 Å². The number of pyridine rings is 1. The molecule has 29 heavy (non-hydrogen) atoms. The summed E-state index contributed by atoms with van der Waals surface area (Å²) in [6.45, 7) is 4.62. The van der Waals surface area contributed by atoms with E-state index >= 15 is 0 Å². The SMILES string of the molecule is Cc1nn(C)c2nc(-c3ccccc3)cc(C(=O)N3CC(C)CC(C(=O)O)C3)c12. The van der Waals surface area contributed by atoms with E-state index in [9.17, 15) is 14.7 Å². The summed E-state index contributed by atoms with van der Waals surface area (Å²) in [5, 5.41) is 14.7.